The van der Waals surface area contributed by atoms with Crippen LogP contribution in [0, 0.1) is 5.82 Å². The van der Waals surface area contributed by atoms with E-state index in [4.69, 9.17) is 0 Å². The van der Waals surface area contributed by atoms with Gasteiger partial charge in [-0.05, 0) is 49.1 Å². The molecule has 1 aliphatic rings. The molecule has 164 valence electrons. The number of aliphatic hydroxyl groups is 1. The maximum absolute atomic E-state index is 13.1. The van der Waals surface area contributed by atoms with Crippen molar-refractivity contribution in [3.05, 3.63) is 65.5 Å². The first-order valence-corrected chi connectivity index (χ1v) is 10.1. The molecule has 0 spiro atoms. The Morgan fingerprint density at radius 2 is 1.27 bits per heavy atom. The first-order chi connectivity index (χ1) is 13.7. The molecule has 11 heteroatoms. The lowest BCUT2D eigenvalue weighted by Crippen LogP contribution is -2.54. The molecule has 0 heterocycles. The van der Waals surface area contributed by atoms with Crippen LogP contribution in [0.1, 0.15) is 30.4 Å². The summed E-state index contributed by atoms with van der Waals surface area (Å²) in [6, 6.07) is 6.52. The monoisotopic (exact) mass is 456 g/mol. The highest BCUT2D eigenvalue weighted by molar-refractivity contribution is 7.92. The van der Waals surface area contributed by atoms with Crippen LogP contribution in [-0.4, -0.2) is 25.9 Å². The summed E-state index contributed by atoms with van der Waals surface area (Å²) < 4.78 is 116. The summed E-state index contributed by atoms with van der Waals surface area (Å²) in [6.07, 6.45) is -11.4. The van der Waals surface area contributed by atoms with E-state index < -0.39 is 43.9 Å². The quantitative estimate of drug-likeness (QED) is 0.521. The molecule has 0 aromatic heterocycles. The van der Waals surface area contributed by atoms with Crippen molar-refractivity contribution in [2.24, 2.45) is 0 Å². The van der Waals surface area contributed by atoms with Crippen LogP contribution in [0.5, 0.6) is 0 Å². The molecule has 2 aromatic rings. The lowest BCUT2D eigenvalue weighted by Gasteiger charge is -2.42. The standard InChI is InChI=1S/C19H15F7O3S/c20-14-6-8-15(9-7-14)30(28,29)16(10-1-11-16)12-2-4-13(5-3-12)17(27,18(21,22)23)19(24,25)26/h2-9,27H,1,10-11H2. The van der Waals surface area contributed by atoms with Crippen molar-refractivity contribution in [2.75, 3.05) is 0 Å². The van der Waals surface area contributed by atoms with Gasteiger partial charge >= 0.3 is 12.4 Å². The highest BCUT2D eigenvalue weighted by Gasteiger charge is 2.71. The Balaban J connectivity index is 2.07. The fourth-order valence-electron chi connectivity index (χ4n) is 3.55. The largest absolute Gasteiger partial charge is 0.430 e. The Labute approximate surface area is 167 Å². The van der Waals surface area contributed by atoms with Gasteiger partial charge in [-0.1, -0.05) is 24.3 Å². The summed E-state index contributed by atoms with van der Waals surface area (Å²) in [7, 11) is -4.11. The van der Waals surface area contributed by atoms with Crippen molar-refractivity contribution in [3.63, 3.8) is 0 Å². The van der Waals surface area contributed by atoms with Gasteiger partial charge in [0.1, 0.15) is 10.6 Å². The van der Waals surface area contributed by atoms with Gasteiger partial charge in [0.25, 0.3) is 5.60 Å². The van der Waals surface area contributed by atoms with E-state index in [1.54, 1.807) is 0 Å². The van der Waals surface area contributed by atoms with Gasteiger partial charge in [-0.2, -0.15) is 26.3 Å². The van der Waals surface area contributed by atoms with Crippen molar-refractivity contribution >= 4 is 9.84 Å². The Hall–Kier alpha value is -2.14. The molecule has 3 nitrogen and oxygen atoms in total. The minimum Gasteiger partial charge on any atom is -0.369 e. The molecular weight excluding hydrogens is 441 g/mol. The predicted octanol–water partition coefficient (Wildman–Crippen LogP) is 4.99. The SMILES string of the molecule is O=S(=O)(c1ccc(F)cc1)C1(c2ccc(C(O)(C(F)(F)F)C(F)(F)F)cc2)CCC1. The average molecular weight is 456 g/mol. The second-order valence-corrected chi connectivity index (χ2v) is 9.35. The smallest absolute Gasteiger partial charge is 0.369 e. The number of hydrogen-bond acceptors (Lipinski definition) is 3. The number of sulfone groups is 1. The summed E-state index contributed by atoms with van der Waals surface area (Å²) in [6.45, 7) is 0. The van der Waals surface area contributed by atoms with Crippen molar-refractivity contribution in [2.45, 2.75) is 46.9 Å². The van der Waals surface area contributed by atoms with Gasteiger partial charge in [-0.15, -0.1) is 0 Å². The van der Waals surface area contributed by atoms with Crippen LogP contribution in [0.25, 0.3) is 0 Å². The molecule has 1 saturated carbocycles. The van der Waals surface area contributed by atoms with Crippen LogP contribution in [-0.2, 0) is 20.2 Å². The molecular formula is C19H15F7O3S. The van der Waals surface area contributed by atoms with E-state index in [2.05, 4.69) is 0 Å². The Morgan fingerprint density at radius 1 is 0.800 bits per heavy atom. The van der Waals surface area contributed by atoms with Gasteiger partial charge in [0, 0.05) is 5.56 Å². The van der Waals surface area contributed by atoms with E-state index in [1.165, 1.54) is 0 Å². The number of benzene rings is 2. The first-order valence-electron chi connectivity index (χ1n) is 8.64. The van der Waals surface area contributed by atoms with Crippen LogP contribution >= 0.6 is 0 Å². The molecule has 3 rings (SSSR count). The summed E-state index contributed by atoms with van der Waals surface area (Å²) in [4.78, 5) is -0.213. The van der Waals surface area contributed by atoms with Crippen LogP contribution in [0.4, 0.5) is 30.7 Å². The zero-order valence-corrected chi connectivity index (χ0v) is 15.9. The fourth-order valence-corrected chi connectivity index (χ4v) is 5.77. The zero-order valence-electron chi connectivity index (χ0n) is 15.1. The van der Waals surface area contributed by atoms with E-state index in [0.717, 1.165) is 36.4 Å². The second-order valence-electron chi connectivity index (χ2n) is 7.09. The summed E-state index contributed by atoms with van der Waals surface area (Å²) in [5, 5.41) is 9.48. The van der Waals surface area contributed by atoms with Crippen molar-refractivity contribution < 1.29 is 44.3 Å². The third-order valence-electron chi connectivity index (χ3n) is 5.45. The molecule has 2 aromatic carbocycles. The number of hydrogen-bond donors (Lipinski definition) is 1. The van der Waals surface area contributed by atoms with E-state index in [1.807, 2.05) is 0 Å². The zero-order chi connectivity index (χ0) is 22.6. The fraction of sp³-hybridized carbons (Fsp3) is 0.368. The van der Waals surface area contributed by atoms with Crippen LogP contribution < -0.4 is 0 Å². The van der Waals surface area contributed by atoms with Gasteiger partial charge in [0.15, 0.2) is 9.84 Å². The third kappa shape index (κ3) is 3.18. The third-order valence-corrected chi connectivity index (χ3v) is 8.01. The normalized spacial score (nSPS) is 17.5. The molecule has 1 N–H and O–H groups in total. The summed E-state index contributed by atoms with van der Waals surface area (Å²) in [5.74, 6) is -0.667. The molecule has 0 saturated heterocycles. The number of rotatable bonds is 4. The lowest BCUT2D eigenvalue weighted by molar-refractivity contribution is -0.376. The van der Waals surface area contributed by atoms with Gasteiger partial charge in [0.05, 0.1) is 4.90 Å². The highest BCUT2D eigenvalue weighted by Crippen LogP contribution is 2.53. The molecule has 30 heavy (non-hydrogen) atoms. The minimum atomic E-state index is -6.04. The molecule has 0 unspecified atom stereocenters. The van der Waals surface area contributed by atoms with Gasteiger partial charge in [0.2, 0.25) is 0 Å². The Morgan fingerprint density at radius 3 is 1.63 bits per heavy atom. The van der Waals surface area contributed by atoms with Crippen molar-refractivity contribution in [3.8, 4) is 0 Å². The van der Waals surface area contributed by atoms with Crippen LogP contribution in [0.2, 0.25) is 0 Å². The highest BCUT2D eigenvalue weighted by atomic mass is 32.2. The maximum Gasteiger partial charge on any atom is 0.430 e. The van der Waals surface area contributed by atoms with E-state index in [9.17, 15) is 44.3 Å². The first kappa shape index (κ1) is 22.5. The van der Waals surface area contributed by atoms with E-state index in [-0.39, 0.29) is 23.3 Å². The van der Waals surface area contributed by atoms with Gasteiger partial charge < -0.3 is 5.11 Å². The molecule has 0 aliphatic heterocycles. The molecule has 1 fully saturated rings. The van der Waals surface area contributed by atoms with E-state index in [0.29, 0.717) is 18.6 Å². The predicted molar refractivity (Wildman–Crippen MR) is 91.6 cm³/mol. The van der Waals surface area contributed by atoms with Gasteiger partial charge in [-0.3, -0.25) is 0 Å². The lowest BCUT2D eigenvalue weighted by atomic mass is 9.78. The van der Waals surface area contributed by atoms with Crippen LogP contribution in [0.15, 0.2) is 53.4 Å². The van der Waals surface area contributed by atoms with Crippen molar-refractivity contribution in [1.29, 1.82) is 0 Å². The van der Waals surface area contributed by atoms with Gasteiger partial charge in [-0.25, -0.2) is 12.8 Å². The number of halogens is 7. The second kappa shape index (κ2) is 6.94. The van der Waals surface area contributed by atoms with E-state index >= 15 is 0 Å². The average Bonchev–Trinajstić information content (AvgIpc) is 2.59. The molecule has 1 aliphatic carbocycles. The molecule has 0 radical (unpaired) electrons. The maximum atomic E-state index is 13.1. The molecule has 0 amide bonds. The summed E-state index contributed by atoms with van der Waals surface area (Å²) >= 11 is 0. The Bertz CT molecular complexity index is 1010. The Kier molecular flexibility index (Phi) is 5.22. The molecule has 0 atom stereocenters. The molecule has 0 bridgehead atoms. The minimum absolute atomic E-state index is 0.00600. The number of alkyl halides is 6. The summed E-state index contributed by atoms with van der Waals surface area (Å²) in [5.41, 5.74) is -6.57. The topological polar surface area (TPSA) is 54.4 Å². The van der Waals surface area contributed by atoms with Crippen LogP contribution in [0.3, 0.4) is 0 Å². The van der Waals surface area contributed by atoms with Crippen molar-refractivity contribution in [1.82, 2.24) is 0 Å².